The standard InChI is InChI=1S/C22H36N2O4S/c1-3-5-8-18(4-2)17-28-22(25)23-16-15-19-11-13-21(14-12-19)29(26,27)24-20-9-6-7-10-20/h11-14,18,20,24H,3-10,15-17H2,1-2H3,(H,23,25). The number of amides is 1. The largest absolute Gasteiger partial charge is 0.449 e. The SMILES string of the molecule is CCCCC(CC)COC(=O)NCCc1ccc(S(=O)(=O)NC2CCCC2)cc1. The summed E-state index contributed by atoms with van der Waals surface area (Å²) in [6.07, 6.45) is 8.64. The molecule has 1 amide bonds. The molecule has 1 aromatic carbocycles. The molecule has 0 aliphatic heterocycles. The minimum absolute atomic E-state index is 0.0594. The van der Waals surface area contributed by atoms with Crippen molar-refractivity contribution in [1.82, 2.24) is 10.0 Å². The Morgan fingerprint density at radius 3 is 2.48 bits per heavy atom. The van der Waals surface area contributed by atoms with Crippen molar-refractivity contribution in [3.8, 4) is 0 Å². The summed E-state index contributed by atoms with van der Waals surface area (Å²) in [6, 6.07) is 6.92. The van der Waals surface area contributed by atoms with Crippen molar-refractivity contribution in [2.45, 2.75) is 82.6 Å². The van der Waals surface area contributed by atoms with Crippen LogP contribution in [0.4, 0.5) is 4.79 Å². The van der Waals surface area contributed by atoms with Gasteiger partial charge in [0.25, 0.3) is 0 Å². The minimum atomic E-state index is -3.46. The second-order valence-corrected chi connectivity index (χ2v) is 9.65. The van der Waals surface area contributed by atoms with E-state index in [9.17, 15) is 13.2 Å². The van der Waals surface area contributed by atoms with Crippen molar-refractivity contribution in [3.63, 3.8) is 0 Å². The lowest BCUT2D eigenvalue weighted by Gasteiger charge is -2.15. The number of hydrogen-bond acceptors (Lipinski definition) is 4. The van der Waals surface area contributed by atoms with E-state index in [1.807, 2.05) is 0 Å². The minimum Gasteiger partial charge on any atom is -0.449 e. The lowest BCUT2D eigenvalue weighted by Crippen LogP contribution is -2.32. The van der Waals surface area contributed by atoms with Gasteiger partial charge in [0.2, 0.25) is 10.0 Å². The van der Waals surface area contributed by atoms with Crippen LogP contribution in [0.25, 0.3) is 0 Å². The monoisotopic (exact) mass is 424 g/mol. The van der Waals surface area contributed by atoms with Gasteiger partial charge < -0.3 is 10.1 Å². The molecule has 29 heavy (non-hydrogen) atoms. The third-order valence-corrected chi connectivity index (χ3v) is 7.12. The van der Waals surface area contributed by atoms with Crippen LogP contribution < -0.4 is 10.0 Å². The number of carbonyl (C=O) groups excluding carboxylic acids is 1. The maximum atomic E-state index is 12.4. The van der Waals surface area contributed by atoms with Gasteiger partial charge in [0.15, 0.2) is 0 Å². The second kappa shape index (κ2) is 12.2. The summed E-state index contributed by atoms with van der Waals surface area (Å²) in [6.45, 7) is 5.20. The molecule has 0 aromatic heterocycles. The maximum absolute atomic E-state index is 12.4. The first kappa shape index (κ1) is 23.7. The summed E-state index contributed by atoms with van der Waals surface area (Å²) in [7, 11) is -3.46. The number of rotatable bonds is 12. The van der Waals surface area contributed by atoms with Gasteiger partial charge in [0.1, 0.15) is 0 Å². The zero-order chi connectivity index (χ0) is 21.1. The molecule has 1 aromatic rings. The molecule has 1 fully saturated rings. The number of alkyl carbamates (subject to hydrolysis) is 1. The smallest absolute Gasteiger partial charge is 0.407 e. The number of unbranched alkanes of at least 4 members (excludes halogenated alkanes) is 1. The van der Waals surface area contributed by atoms with E-state index in [4.69, 9.17) is 4.74 Å². The Kier molecular flexibility index (Phi) is 9.94. The van der Waals surface area contributed by atoms with Crippen molar-refractivity contribution < 1.29 is 17.9 Å². The third-order valence-electron chi connectivity index (χ3n) is 5.59. The van der Waals surface area contributed by atoms with Crippen LogP contribution in [-0.4, -0.2) is 33.7 Å². The number of hydrogen-bond donors (Lipinski definition) is 2. The van der Waals surface area contributed by atoms with Crippen molar-refractivity contribution in [2.24, 2.45) is 5.92 Å². The number of sulfonamides is 1. The normalized spacial score (nSPS) is 15.9. The predicted octanol–water partition coefficient (Wildman–Crippen LogP) is 4.39. The average Bonchev–Trinajstić information content (AvgIpc) is 3.21. The molecule has 1 aliphatic carbocycles. The fraction of sp³-hybridized carbons (Fsp3) is 0.682. The van der Waals surface area contributed by atoms with Crippen LogP contribution in [0.15, 0.2) is 29.2 Å². The summed E-state index contributed by atoms with van der Waals surface area (Å²) in [4.78, 5) is 12.1. The molecular weight excluding hydrogens is 388 g/mol. The number of carbonyl (C=O) groups is 1. The van der Waals surface area contributed by atoms with Crippen LogP contribution >= 0.6 is 0 Å². The zero-order valence-electron chi connectivity index (χ0n) is 17.8. The number of ether oxygens (including phenoxy) is 1. The molecule has 1 atom stereocenters. The van der Waals surface area contributed by atoms with E-state index in [1.54, 1.807) is 24.3 Å². The summed E-state index contributed by atoms with van der Waals surface area (Å²) in [5, 5.41) is 2.77. The van der Waals surface area contributed by atoms with Crippen molar-refractivity contribution in [3.05, 3.63) is 29.8 Å². The molecule has 0 saturated heterocycles. The molecule has 7 heteroatoms. The maximum Gasteiger partial charge on any atom is 0.407 e. The van der Waals surface area contributed by atoms with Crippen LogP contribution in [0.2, 0.25) is 0 Å². The van der Waals surface area contributed by atoms with E-state index in [2.05, 4.69) is 23.9 Å². The Morgan fingerprint density at radius 2 is 1.86 bits per heavy atom. The van der Waals surface area contributed by atoms with Crippen molar-refractivity contribution in [1.29, 1.82) is 0 Å². The van der Waals surface area contributed by atoms with Gasteiger partial charge in [-0.2, -0.15) is 0 Å². The first-order valence-corrected chi connectivity index (χ1v) is 12.4. The molecule has 2 N–H and O–H groups in total. The highest BCUT2D eigenvalue weighted by Gasteiger charge is 2.22. The average molecular weight is 425 g/mol. The van der Waals surface area contributed by atoms with Crippen LogP contribution in [0.3, 0.4) is 0 Å². The van der Waals surface area contributed by atoms with Crippen LogP contribution in [0.5, 0.6) is 0 Å². The summed E-state index contributed by atoms with van der Waals surface area (Å²) in [5.41, 5.74) is 0.972. The number of benzene rings is 1. The van der Waals surface area contributed by atoms with Gasteiger partial charge in [-0.05, 0) is 49.3 Å². The Hall–Kier alpha value is -1.60. The van der Waals surface area contributed by atoms with Gasteiger partial charge >= 0.3 is 6.09 Å². The van der Waals surface area contributed by atoms with Crippen LogP contribution in [0.1, 0.15) is 70.8 Å². The first-order valence-electron chi connectivity index (χ1n) is 11.0. The van der Waals surface area contributed by atoms with Crippen molar-refractivity contribution in [2.75, 3.05) is 13.2 Å². The lowest BCUT2D eigenvalue weighted by molar-refractivity contribution is 0.123. The summed E-state index contributed by atoms with van der Waals surface area (Å²) in [5.74, 6) is 0.424. The first-order chi connectivity index (χ1) is 13.9. The summed E-state index contributed by atoms with van der Waals surface area (Å²) < 4.78 is 33.0. The molecule has 1 aliphatic rings. The molecule has 6 nitrogen and oxygen atoms in total. The molecule has 1 saturated carbocycles. The Labute approximate surface area is 175 Å². The molecule has 1 unspecified atom stereocenters. The van der Waals surface area contributed by atoms with Gasteiger partial charge in [0.05, 0.1) is 11.5 Å². The molecular formula is C22H36N2O4S. The lowest BCUT2D eigenvalue weighted by atomic mass is 10.0. The van der Waals surface area contributed by atoms with Gasteiger partial charge in [-0.3, -0.25) is 0 Å². The van der Waals surface area contributed by atoms with Crippen LogP contribution in [0, 0.1) is 5.92 Å². The molecule has 0 heterocycles. The highest BCUT2D eigenvalue weighted by atomic mass is 32.2. The van der Waals surface area contributed by atoms with E-state index in [0.29, 0.717) is 30.4 Å². The van der Waals surface area contributed by atoms with E-state index >= 15 is 0 Å². The van der Waals surface area contributed by atoms with Gasteiger partial charge in [-0.1, -0.05) is 58.1 Å². The van der Waals surface area contributed by atoms with Gasteiger partial charge in [-0.15, -0.1) is 0 Å². The van der Waals surface area contributed by atoms with E-state index in [1.165, 1.54) is 0 Å². The fourth-order valence-electron chi connectivity index (χ4n) is 3.62. The van der Waals surface area contributed by atoms with E-state index in [-0.39, 0.29) is 12.1 Å². The molecule has 0 spiro atoms. The van der Waals surface area contributed by atoms with Gasteiger partial charge in [-0.25, -0.2) is 17.9 Å². The van der Waals surface area contributed by atoms with Crippen molar-refractivity contribution >= 4 is 16.1 Å². The molecule has 0 radical (unpaired) electrons. The van der Waals surface area contributed by atoms with E-state index < -0.39 is 10.0 Å². The highest BCUT2D eigenvalue weighted by molar-refractivity contribution is 7.89. The topological polar surface area (TPSA) is 84.5 Å². The summed E-state index contributed by atoms with van der Waals surface area (Å²) >= 11 is 0. The highest BCUT2D eigenvalue weighted by Crippen LogP contribution is 2.20. The molecule has 0 bridgehead atoms. The number of nitrogens with one attached hydrogen (secondary N) is 2. The Bertz CT molecular complexity index is 713. The zero-order valence-corrected chi connectivity index (χ0v) is 18.6. The van der Waals surface area contributed by atoms with Crippen LogP contribution in [-0.2, 0) is 21.2 Å². The van der Waals surface area contributed by atoms with E-state index in [0.717, 1.165) is 56.9 Å². The fourth-order valence-corrected chi connectivity index (χ4v) is 4.92. The predicted molar refractivity (Wildman–Crippen MR) is 115 cm³/mol. The quantitative estimate of drug-likeness (QED) is 0.521. The Balaban J connectivity index is 1.72. The molecule has 2 rings (SSSR count). The third kappa shape index (κ3) is 8.34. The molecule has 164 valence electrons. The van der Waals surface area contributed by atoms with Gasteiger partial charge in [0, 0.05) is 12.6 Å². The Morgan fingerprint density at radius 1 is 1.17 bits per heavy atom. The second-order valence-electron chi connectivity index (χ2n) is 7.94.